The molecule has 0 saturated heterocycles. The second kappa shape index (κ2) is 6.92. The SMILES string of the molecule is CCc1nnc(NC(=O)COc2ccc(-n3cnnn3)cc2)s1. The molecular formula is C13H13N7O2S. The second-order valence-electron chi connectivity index (χ2n) is 4.44. The van der Waals surface area contributed by atoms with E-state index in [9.17, 15) is 4.79 Å². The third-order valence-electron chi connectivity index (χ3n) is 2.84. The van der Waals surface area contributed by atoms with Crippen molar-refractivity contribution in [2.45, 2.75) is 13.3 Å². The third-order valence-corrected chi connectivity index (χ3v) is 3.82. The van der Waals surface area contributed by atoms with E-state index in [1.165, 1.54) is 22.3 Å². The number of benzene rings is 1. The first-order valence-corrected chi connectivity index (χ1v) is 7.64. The topological polar surface area (TPSA) is 108 Å². The Morgan fingerprint density at radius 3 is 2.78 bits per heavy atom. The summed E-state index contributed by atoms with van der Waals surface area (Å²) < 4.78 is 6.95. The third kappa shape index (κ3) is 3.86. The lowest BCUT2D eigenvalue weighted by molar-refractivity contribution is -0.118. The van der Waals surface area contributed by atoms with Gasteiger partial charge in [-0.15, -0.1) is 15.3 Å². The molecule has 0 fully saturated rings. The summed E-state index contributed by atoms with van der Waals surface area (Å²) in [6.07, 6.45) is 2.29. The number of rotatable bonds is 6. The van der Waals surface area contributed by atoms with Crippen LogP contribution in [0.3, 0.4) is 0 Å². The first-order chi connectivity index (χ1) is 11.2. The average molecular weight is 331 g/mol. The summed E-state index contributed by atoms with van der Waals surface area (Å²) >= 11 is 1.35. The summed E-state index contributed by atoms with van der Waals surface area (Å²) in [5.74, 6) is 0.289. The van der Waals surface area contributed by atoms with Gasteiger partial charge >= 0.3 is 0 Å². The highest BCUT2D eigenvalue weighted by Gasteiger charge is 2.08. The molecule has 1 N–H and O–H groups in total. The van der Waals surface area contributed by atoms with Gasteiger partial charge in [-0.2, -0.15) is 0 Å². The molecular weight excluding hydrogens is 318 g/mol. The number of tetrazole rings is 1. The molecule has 0 unspecified atom stereocenters. The molecule has 0 spiro atoms. The smallest absolute Gasteiger partial charge is 0.264 e. The summed E-state index contributed by atoms with van der Waals surface area (Å²) in [5.41, 5.74) is 0.799. The molecule has 9 nitrogen and oxygen atoms in total. The van der Waals surface area contributed by atoms with Crippen molar-refractivity contribution in [3.8, 4) is 11.4 Å². The second-order valence-corrected chi connectivity index (χ2v) is 5.50. The lowest BCUT2D eigenvalue weighted by atomic mass is 10.3. The van der Waals surface area contributed by atoms with Crippen LogP contribution in [0.5, 0.6) is 5.75 Å². The highest BCUT2D eigenvalue weighted by Crippen LogP contribution is 2.16. The molecule has 2 aromatic heterocycles. The fraction of sp³-hybridized carbons (Fsp3) is 0.231. The molecule has 0 atom stereocenters. The van der Waals surface area contributed by atoms with E-state index in [0.29, 0.717) is 10.9 Å². The van der Waals surface area contributed by atoms with Crippen molar-refractivity contribution in [1.82, 2.24) is 30.4 Å². The van der Waals surface area contributed by atoms with Crippen LogP contribution in [0.4, 0.5) is 5.13 Å². The molecule has 0 radical (unpaired) electrons. The standard InChI is InChI=1S/C13H13N7O2S/c1-2-12-16-17-13(23-12)15-11(21)7-22-10-5-3-9(4-6-10)20-8-14-18-19-20/h3-6,8H,2,7H2,1H3,(H,15,17,21). The van der Waals surface area contributed by atoms with E-state index in [1.807, 2.05) is 6.92 Å². The van der Waals surface area contributed by atoms with Gasteiger partial charge in [0.05, 0.1) is 5.69 Å². The predicted octanol–water partition coefficient (Wildman–Crippen LogP) is 1.09. The quantitative estimate of drug-likeness (QED) is 0.720. The van der Waals surface area contributed by atoms with Crippen LogP contribution in [0, 0.1) is 0 Å². The lowest BCUT2D eigenvalue weighted by Gasteiger charge is -2.06. The van der Waals surface area contributed by atoms with Gasteiger partial charge in [0.15, 0.2) is 6.61 Å². The molecule has 1 aromatic carbocycles. The molecule has 0 aliphatic carbocycles. The Morgan fingerprint density at radius 1 is 1.30 bits per heavy atom. The maximum absolute atomic E-state index is 11.8. The highest BCUT2D eigenvalue weighted by atomic mass is 32.1. The molecule has 2 heterocycles. The van der Waals surface area contributed by atoms with Crippen LogP contribution in [0.25, 0.3) is 5.69 Å². The largest absolute Gasteiger partial charge is 0.484 e. The van der Waals surface area contributed by atoms with Crippen LogP contribution < -0.4 is 10.1 Å². The van der Waals surface area contributed by atoms with Crippen molar-refractivity contribution in [3.05, 3.63) is 35.6 Å². The van der Waals surface area contributed by atoms with Gasteiger partial charge in [-0.1, -0.05) is 18.3 Å². The predicted molar refractivity (Wildman–Crippen MR) is 82.6 cm³/mol. The maximum atomic E-state index is 11.8. The monoisotopic (exact) mass is 331 g/mol. The van der Waals surface area contributed by atoms with E-state index in [-0.39, 0.29) is 12.5 Å². The summed E-state index contributed by atoms with van der Waals surface area (Å²) in [7, 11) is 0. The molecule has 23 heavy (non-hydrogen) atoms. The van der Waals surface area contributed by atoms with Crippen molar-refractivity contribution in [2.75, 3.05) is 11.9 Å². The van der Waals surface area contributed by atoms with E-state index in [1.54, 1.807) is 24.3 Å². The lowest BCUT2D eigenvalue weighted by Crippen LogP contribution is -2.20. The van der Waals surface area contributed by atoms with Gasteiger partial charge in [0.2, 0.25) is 5.13 Å². The number of carbonyl (C=O) groups excluding carboxylic acids is 1. The molecule has 1 amide bonds. The average Bonchev–Trinajstić information content (AvgIpc) is 3.25. The fourth-order valence-corrected chi connectivity index (χ4v) is 2.42. The highest BCUT2D eigenvalue weighted by molar-refractivity contribution is 7.15. The van der Waals surface area contributed by atoms with E-state index >= 15 is 0 Å². The minimum Gasteiger partial charge on any atom is -0.484 e. The summed E-state index contributed by atoms with van der Waals surface area (Å²) in [6.45, 7) is 1.87. The number of hydrogen-bond acceptors (Lipinski definition) is 8. The van der Waals surface area contributed by atoms with Gasteiger partial charge in [0, 0.05) is 0 Å². The Kier molecular flexibility index (Phi) is 4.52. The molecule has 0 aliphatic rings. The Bertz CT molecular complexity index is 770. The first-order valence-electron chi connectivity index (χ1n) is 6.83. The minimum absolute atomic E-state index is 0.106. The molecule has 0 saturated carbocycles. The zero-order valence-electron chi connectivity index (χ0n) is 12.2. The van der Waals surface area contributed by atoms with Crippen LogP contribution in [0.2, 0.25) is 0 Å². The van der Waals surface area contributed by atoms with Gasteiger partial charge in [-0.05, 0) is 41.1 Å². The summed E-state index contributed by atoms with van der Waals surface area (Å²) in [5, 5.41) is 22.7. The van der Waals surface area contributed by atoms with E-state index in [2.05, 4.69) is 31.0 Å². The molecule has 118 valence electrons. The van der Waals surface area contributed by atoms with Crippen molar-refractivity contribution >= 4 is 22.4 Å². The number of anilines is 1. The number of nitrogens with zero attached hydrogens (tertiary/aromatic N) is 6. The number of carbonyl (C=O) groups is 1. The number of amides is 1. The van der Waals surface area contributed by atoms with Gasteiger partial charge in [0.25, 0.3) is 5.91 Å². The Balaban J connectivity index is 1.52. The van der Waals surface area contributed by atoms with Gasteiger partial charge in [-0.3, -0.25) is 10.1 Å². The molecule has 0 aliphatic heterocycles. The zero-order valence-corrected chi connectivity index (χ0v) is 13.0. The fourth-order valence-electron chi connectivity index (χ4n) is 1.73. The van der Waals surface area contributed by atoms with Crippen LogP contribution >= 0.6 is 11.3 Å². The number of hydrogen-bond donors (Lipinski definition) is 1. The van der Waals surface area contributed by atoms with Crippen LogP contribution in [-0.4, -0.2) is 42.9 Å². The van der Waals surface area contributed by atoms with E-state index in [0.717, 1.165) is 17.1 Å². The van der Waals surface area contributed by atoms with Gasteiger partial charge in [-0.25, -0.2) is 4.68 Å². The number of ether oxygens (including phenoxy) is 1. The number of aromatic nitrogens is 6. The normalized spacial score (nSPS) is 10.5. The summed E-state index contributed by atoms with van der Waals surface area (Å²) in [6, 6.07) is 7.07. The van der Waals surface area contributed by atoms with Crippen molar-refractivity contribution in [3.63, 3.8) is 0 Å². The Labute approximate surface area is 135 Å². The first kappa shape index (κ1) is 15.0. The van der Waals surface area contributed by atoms with Gasteiger partial charge < -0.3 is 4.74 Å². The van der Waals surface area contributed by atoms with Crippen molar-refractivity contribution < 1.29 is 9.53 Å². The minimum atomic E-state index is -0.284. The van der Waals surface area contributed by atoms with Crippen LogP contribution in [0.1, 0.15) is 11.9 Å². The van der Waals surface area contributed by atoms with Crippen molar-refractivity contribution in [2.24, 2.45) is 0 Å². The maximum Gasteiger partial charge on any atom is 0.264 e. The number of aryl methyl sites for hydroxylation is 1. The zero-order chi connectivity index (χ0) is 16.1. The van der Waals surface area contributed by atoms with Gasteiger partial charge in [0.1, 0.15) is 17.1 Å². The van der Waals surface area contributed by atoms with Crippen LogP contribution in [-0.2, 0) is 11.2 Å². The Morgan fingerprint density at radius 2 is 2.13 bits per heavy atom. The van der Waals surface area contributed by atoms with Crippen LogP contribution in [0.15, 0.2) is 30.6 Å². The van der Waals surface area contributed by atoms with E-state index < -0.39 is 0 Å². The molecule has 3 aromatic rings. The molecule has 10 heteroatoms. The molecule has 3 rings (SSSR count). The van der Waals surface area contributed by atoms with Crippen molar-refractivity contribution in [1.29, 1.82) is 0 Å². The van der Waals surface area contributed by atoms with E-state index in [4.69, 9.17) is 4.74 Å². The molecule has 0 bridgehead atoms. The summed E-state index contributed by atoms with van der Waals surface area (Å²) in [4.78, 5) is 11.8. The Hall–Kier alpha value is -2.88. The number of nitrogens with one attached hydrogen (secondary N) is 1.